The van der Waals surface area contributed by atoms with E-state index >= 15 is 0 Å². The van der Waals surface area contributed by atoms with E-state index in [1.165, 1.54) is 24.3 Å². The highest BCUT2D eigenvalue weighted by atomic mass is 19.3. The normalized spacial score (nSPS) is 14.6. The van der Waals surface area contributed by atoms with Crippen LogP contribution >= 0.6 is 0 Å². The zero-order chi connectivity index (χ0) is 28.2. The zero-order valence-electron chi connectivity index (χ0n) is 23.1. The second kappa shape index (κ2) is 14.9. The van der Waals surface area contributed by atoms with E-state index < -0.39 is 11.7 Å². The van der Waals surface area contributed by atoms with E-state index in [1.54, 1.807) is 0 Å². The Morgan fingerprint density at radius 1 is 0.895 bits per heavy atom. The second-order valence-corrected chi connectivity index (χ2v) is 10.9. The lowest BCUT2D eigenvalue weighted by Crippen LogP contribution is -2.47. The molecule has 0 saturated carbocycles. The Kier molecular flexibility index (Phi) is 12.3. The Labute approximate surface area is 224 Å². The number of hydrogen-bond donors (Lipinski definition) is 2. The van der Waals surface area contributed by atoms with Gasteiger partial charge in [-0.15, -0.1) is 0 Å². The fourth-order valence-corrected chi connectivity index (χ4v) is 4.24. The maximum atomic E-state index is 12.9. The first-order valence-electron chi connectivity index (χ1n) is 13.5. The summed E-state index contributed by atoms with van der Waals surface area (Å²) >= 11 is 0. The summed E-state index contributed by atoms with van der Waals surface area (Å²) in [6, 6.07) is 5.29. The molecular formula is C28H43F2N3O5. The largest absolute Gasteiger partial charge is 0.460 e. The SMILES string of the molecule is CC(C)(C)OC(=O)CCCCCCCCC(=O)N1CCC(NC(=O)Nc2ccc(OC(C)(F)F)cc2)CC1. The highest BCUT2D eigenvalue weighted by Gasteiger charge is 2.24. The summed E-state index contributed by atoms with van der Waals surface area (Å²) in [4.78, 5) is 38.4. The molecule has 38 heavy (non-hydrogen) atoms. The topological polar surface area (TPSA) is 97.0 Å². The third-order valence-corrected chi connectivity index (χ3v) is 6.03. The number of hydrogen-bond acceptors (Lipinski definition) is 5. The fraction of sp³-hybridized carbons (Fsp3) is 0.679. The molecule has 1 aliphatic heterocycles. The summed E-state index contributed by atoms with van der Waals surface area (Å²) in [5.74, 6) is 0.0145. The van der Waals surface area contributed by atoms with Crippen LogP contribution in [0.1, 0.15) is 91.9 Å². The van der Waals surface area contributed by atoms with Crippen molar-refractivity contribution in [1.82, 2.24) is 10.2 Å². The summed E-state index contributed by atoms with van der Waals surface area (Å²) in [6.45, 7) is 7.47. The van der Waals surface area contributed by atoms with Crippen molar-refractivity contribution in [2.45, 2.75) is 110 Å². The van der Waals surface area contributed by atoms with Crippen molar-refractivity contribution in [3.8, 4) is 5.75 Å². The smallest absolute Gasteiger partial charge is 0.394 e. The molecule has 2 rings (SSSR count). The molecule has 1 aromatic carbocycles. The fourth-order valence-electron chi connectivity index (χ4n) is 4.24. The number of ether oxygens (including phenoxy) is 2. The number of halogens is 2. The molecule has 0 atom stereocenters. The highest BCUT2D eigenvalue weighted by Crippen LogP contribution is 2.23. The molecule has 1 aromatic rings. The summed E-state index contributed by atoms with van der Waals surface area (Å²) in [5.41, 5.74) is 0.0282. The molecule has 0 radical (unpaired) electrons. The molecule has 10 heteroatoms. The van der Waals surface area contributed by atoms with Gasteiger partial charge < -0.3 is 25.0 Å². The van der Waals surface area contributed by atoms with Crippen LogP contribution < -0.4 is 15.4 Å². The van der Waals surface area contributed by atoms with Gasteiger partial charge in [-0.05, 0) is 70.7 Å². The zero-order valence-corrected chi connectivity index (χ0v) is 23.1. The molecule has 0 unspecified atom stereocenters. The predicted molar refractivity (Wildman–Crippen MR) is 142 cm³/mol. The lowest BCUT2D eigenvalue weighted by Gasteiger charge is -2.32. The molecule has 0 aromatic heterocycles. The predicted octanol–water partition coefficient (Wildman–Crippen LogP) is 6.25. The van der Waals surface area contributed by atoms with Gasteiger partial charge in [0, 0.05) is 44.6 Å². The number of carbonyl (C=O) groups excluding carboxylic acids is 3. The number of nitrogens with one attached hydrogen (secondary N) is 2. The van der Waals surface area contributed by atoms with Crippen LogP contribution in [0.3, 0.4) is 0 Å². The number of benzene rings is 1. The number of carbonyl (C=O) groups is 3. The number of esters is 1. The Morgan fingerprint density at radius 2 is 1.45 bits per heavy atom. The molecule has 1 saturated heterocycles. The molecule has 0 bridgehead atoms. The Bertz CT molecular complexity index is 889. The van der Waals surface area contributed by atoms with Gasteiger partial charge in [-0.2, -0.15) is 8.78 Å². The van der Waals surface area contributed by atoms with E-state index in [9.17, 15) is 23.2 Å². The monoisotopic (exact) mass is 539 g/mol. The lowest BCUT2D eigenvalue weighted by atomic mass is 10.0. The van der Waals surface area contributed by atoms with Crippen molar-refractivity contribution in [1.29, 1.82) is 0 Å². The first kappa shape index (κ1) is 31.3. The summed E-state index contributed by atoms with van der Waals surface area (Å²) < 4.78 is 35.6. The van der Waals surface area contributed by atoms with Gasteiger partial charge in [0.25, 0.3) is 0 Å². The molecule has 0 aliphatic carbocycles. The van der Waals surface area contributed by atoms with Crippen LogP contribution in [0, 0.1) is 0 Å². The number of nitrogens with zero attached hydrogens (tertiary/aromatic N) is 1. The van der Waals surface area contributed by atoms with Gasteiger partial charge in [-0.25, -0.2) is 4.79 Å². The third-order valence-electron chi connectivity index (χ3n) is 6.03. The van der Waals surface area contributed by atoms with Gasteiger partial charge in [-0.1, -0.05) is 25.7 Å². The van der Waals surface area contributed by atoms with E-state index in [0.29, 0.717) is 51.4 Å². The second-order valence-electron chi connectivity index (χ2n) is 10.9. The maximum absolute atomic E-state index is 12.9. The van der Waals surface area contributed by atoms with Crippen LogP contribution in [0.5, 0.6) is 5.75 Å². The van der Waals surface area contributed by atoms with Crippen molar-refractivity contribution in [3.05, 3.63) is 24.3 Å². The van der Waals surface area contributed by atoms with Gasteiger partial charge in [0.15, 0.2) is 0 Å². The van der Waals surface area contributed by atoms with Crippen LogP contribution in [-0.2, 0) is 14.3 Å². The molecule has 1 aliphatic rings. The molecule has 1 fully saturated rings. The third kappa shape index (κ3) is 13.6. The van der Waals surface area contributed by atoms with Crippen molar-refractivity contribution in [3.63, 3.8) is 0 Å². The van der Waals surface area contributed by atoms with Crippen molar-refractivity contribution in [2.24, 2.45) is 0 Å². The quantitative estimate of drug-likeness (QED) is 0.228. The highest BCUT2D eigenvalue weighted by molar-refractivity contribution is 5.89. The molecule has 8 nitrogen and oxygen atoms in total. The number of amides is 3. The minimum Gasteiger partial charge on any atom is -0.460 e. The first-order chi connectivity index (χ1) is 17.8. The van der Waals surface area contributed by atoms with Crippen LogP contribution in [0.25, 0.3) is 0 Å². The van der Waals surface area contributed by atoms with Crippen LogP contribution in [0.15, 0.2) is 24.3 Å². The first-order valence-corrected chi connectivity index (χ1v) is 13.5. The molecule has 3 amide bonds. The average Bonchev–Trinajstić information content (AvgIpc) is 2.80. The Hall–Kier alpha value is -2.91. The Morgan fingerprint density at radius 3 is 2.00 bits per heavy atom. The number of unbranched alkanes of at least 4 members (excludes halogenated alkanes) is 5. The van der Waals surface area contributed by atoms with Gasteiger partial charge in [0.2, 0.25) is 5.91 Å². The molecule has 1 heterocycles. The lowest BCUT2D eigenvalue weighted by molar-refractivity contribution is -0.159. The number of alkyl halides is 2. The molecule has 214 valence electrons. The van der Waals surface area contributed by atoms with Crippen molar-refractivity contribution < 1.29 is 32.6 Å². The standard InChI is InChI=1S/C28H43F2N3O5/c1-27(2,3)38-25(35)12-10-8-6-5-7-9-11-24(34)33-19-17-22(18-20-33)32-26(36)31-21-13-15-23(16-14-21)37-28(4,29)30/h13-16,22H,5-12,17-20H2,1-4H3,(H2,31,32,36). The van der Waals surface area contributed by atoms with E-state index in [1.807, 2.05) is 25.7 Å². The van der Waals surface area contributed by atoms with Crippen molar-refractivity contribution >= 4 is 23.6 Å². The van der Waals surface area contributed by atoms with E-state index in [2.05, 4.69) is 15.4 Å². The van der Waals surface area contributed by atoms with Crippen molar-refractivity contribution in [2.75, 3.05) is 18.4 Å². The Balaban J connectivity index is 1.53. The maximum Gasteiger partial charge on any atom is 0.394 e. The van der Waals surface area contributed by atoms with Gasteiger partial charge in [-0.3, -0.25) is 9.59 Å². The number of anilines is 1. The summed E-state index contributed by atoms with van der Waals surface area (Å²) in [5, 5.41) is 5.59. The van der Waals surface area contributed by atoms with E-state index in [0.717, 1.165) is 38.5 Å². The minimum absolute atomic E-state index is 0.00999. The minimum atomic E-state index is -3.27. The molecular weight excluding hydrogens is 496 g/mol. The number of rotatable bonds is 13. The summed E-state index contributed by atoms with van der Waals surface area (Å²) in [7, 11) is 0. The molecule has 2 N–H and O–H groups in total. The van der Waals surface area contributed by atoms with Gasteiger partial charge in [0.05, 0.1) is 0 Å². The van der Waals surface area contributed by atoms with E-state index in [-0.39, 0.29) is 29.7 Å². The molecule has 0 spiro atoms. The van der Waals surface area contributed by atoms with Gasteiger partial charge in [0.1, 0.15) is 11.4 Å². The van der Waals surface area contributed by atoms with E-state index in [4.69, 9.17) is 4.74 Å². The number of urea groups is 1. The summed E-state index contributed by atoms with van der Waals surface area (Å²) in [6.07, 6.45) is 4.81. The van der Waals surface area contributed by atoms with Crippen LogP contribution in [-0.4, -0.2) is 53.6 Å². The average molecular weight is 540 g/mol. The number of likely N-dealkylation sites (tertiary alicyclic amines) is 1. The van der Waals surface area contributed by atoms with Crippen LogP contribution in [0.4, 0.5) is 19.3 Å². The number of piperidine rings is 1. The van der Waals surface area contributed by atoms with Gasteiger partial charge >= 0.3 is 18.1 Å². The van der Waals surface area contributed by atoms with Crippen LogP contribution in [0.2, 0.25) is 0 Å².